The maximum absolute atomic E-state index is 12.9. The molecule has 0 atom stereocenters. The summed E-state index contributed by atoms with van der Waals surface area (Å²) in [5.41, 5.74) is 4.80. The molecule has 0 saturated carbocycles. The molecule has 0 aliphatic rings. The van der Waals surface area contributed by atoms with E-state index in [1.165, 1.54) is 17.3 Å². The first-order chi connectivity index (χ1) is 18.2. The third-order valence-electron chi connectivity index (χ3n) is 6.01. The van der Waals surface area contributed by atoms with Crippen molar-refractivity contribution in [3.63, 3.8) is 0 Å². The fourth-order valence-electron chi connectivity index (χ4n) is 4.00. The van der Waals surface area contributed by atoms with Crippen molar-refractivity contribution in [2.24, 2.45) is 0 Å². The van der Waals surface area contributed by atoms with E-state index in [1.807, 2.05) is 60.9 Å². The lowest BCUT2D eigenvalue weighted by Gasteiger charge is -2.19. The Bertz CT molecular complexity index is 1390. The van der Waals surface area contributed by atoms with Gasteiger partial charge in [-0.15, -0.1) is 10.2 Å². The number of nitrogens with zero attached hydrogens (tertiary/aromatic N) is 3. The monoisotopic (exact) mass is 530 g/mol. The molecule has 8 heteroatoms. The van der Waals surface area contributed by atoms with Gasteiger partial charge in [-0.2, -0.15) is 0 Å². The standard InChI is InChI=1S/C30H34N4O3S/c1-7-37-24-15-13-23(14-16-24)34-28(21-9-11-22(12-10-21)30(3,4)5)32-33-29(34)38-19-27(35)31-25-18-20(2)8-17-26(25)36-6/h8-18H,7,19H2,1-6H3,(H,31,35). The average Bonchev–Trinajstić information content (AvgIpc) is 3.32. The van der Waals surface area contributed by atoms with Crippen LogP contribution in [-0.2, 0) is 10.2 Å². The number of aryl methyl sites for hydroxylation is 1. The number of methoxy groups -OCH3 is 1. The van der Waals surface area contributed by atoms with Crippen molar-refractivity contribution in [3.8, 4) is 28.6 Å². The summed E-state index contributed by atoms with van der Waals surface area (Å²) in [5, 5.41) is 12.6. The highest BCUT2D eigenvalue weighted by Crippen LogP contribution is 2.31. The summed E-state index contributed by atoms with van der Waals surface area (Å²) in [5.74, 6) is 2.12. The van der Waals surface area contributed by atoms with Crippen LogP contribution in [0.25, 0.3) is 17.1 Å². The van der Waals surface area contributed by atoms with Gasteiger partial charge in [0.25, 0.3) is 0 Å². The van der Waals surface area contributed by atoms with E-state index in [4.69, 9.17) is 9.47 Å². The molecule has 1 N–H and O–H groups in total. The fraction of sp³-hybridized carbons (Fsp3) is 0.300. The number of benzene rings is 3. The van der Waals surface area contributed by atoms with Crippen molar-refractivity contribution >= 4 is 23.4 Å². The number of nitrogens with one attached hydrogen (secondary N) is 1. The summed E-state index contributed by atoms with van der Waals surface area (Å²) in [6, 6.07) is 21.9. The van der Waals surface area contributed by atoms with Gasteiger partial charge in [0.1, 0.15) is 11.5 Å². The van der Waals surface area contributed by atoms with E-state index in [9.17, 15) is 4.79 Å². The van der Waals surface area contributed by atoms with Crippen molar-refractivity contribution in [1.29, 1.82) is 0 Å². The molecule has 198 valence electrons. The Morgan fingerprint density at radius 3 is 2.34 bits per heavy atom. The lowest BCUT2D eigenvalue weighted by atomic mass is 9.87. The predicted octanol–water partition coefficient (Wildman–Crippen LogP) is 6.68. The van der Waals surface area contributed by atoms with Gasteiger partial charge in [0.05, 0.1) is 25.2 Å². The first-order valence-electron chi connectivity index (χ1n) is 12.6. The number of carbonyl (C=O) groups is 1. The van der Waals surface area contributed by atoms with Crippen molar-refractivity contribution in [1.82, 2.24) is 14.8 Å². The van der Waals surface area contributed by atoms with E-state index in [-0.39, 0.29) is 17.1 Å². The minimum Gasteiger partial charge on any atom is -0.495 e. The SMILES string of the molecule is CCOc1ccc(-n2c(SCC(=O)Nc3cc(C)ccc3OC)nnc2-c2ccc(C(C)(C)C)cc2)cc1. The highest BCUT2D eigenvalue weighted by molar-refractivity contribution is 7.99. The molecule has 0 spiro atoms. The van der Waals surface area contributed by atoms with Crippen molar-refractivity contribution in [2.75, 3.05) is 24.8 Å². The average molecular weight is 531 g/mol. The Balaban J connectivity index is 1.62. The molecular formula is C30H34N4O3S. The van der Waals surface area contributed by atoms with E-state index < -0.39 is 0 Å². The van der Waals surface area contributed by atoms with Crippen LogP contribution >= 0.6 is 11.8 Å². The molecule has 0 aliphatic heterocycles. The number of aromatic nitrogens is 3. The predicted molar refractivity (Wildman–Crippen MR) is 154 cm³/mol. The number of ether oxygens (including phenoxy) is 2. The molecule has 0 bridgehead atoms. The lowest BCUT2D eigenvalue weighted by molar-refractivity contribution is -0.113. The van der Waals surface area contributed by atoms with Crippen LogP contribution in [0.5, 0.6) is 11.5 Å². The van der Waals surface area contributed by atoms with Crippen LogP contribution in [0.2, 0.25) is 0 Å². The number of amides is 1. The van der Waals surface area contributed by atoms with E-state index in [0.717, 1.165) is 22.6 Å². The van der Waals surface area contributed by atoms with Gasteiger partial charge in [-0.05, 0) is 66.8 Å². The Labute approximate surface area is 228 Å². The molecule has 7 nitrogen and oxygen atoms in total. The third-order valence-corrected chi connectivity index (χ3v) is 6.94. The minimum atomic E-state index is -0.156. The summed E-state index contributed by atoms with van der Waals surface area (Å²) >= 11 is 1.33. The Kier molecular flexibility index (Phi) is 8.42. The largest absolute Gasteiger partial charge is 0.495 e. The number of carbonyl (C=O) groups excluding carboxylic acids is 1. The number of anilines is 1. The van der Waals surface area contributed by atoms with E-state index in [0.29, 0.717) is 29.0 Å². The third kappa shape index (κ3) is 6.37. The molecule has 4 aromatic rings. The zero-order valence-corrected chi connectivity index (χ0v) is 23.6. The summed E-state index contributed by atoms with van der Waals surface area (Å²) in [4.78, 5) is 12.9. The van der Waals surface area contributed by atoms with Gasteiger partial charge >= 0.3 is 0 Å². The van der Waals surface area contributed by atoms with E-state index in [2.05, 4.69) is 60.6 Å². The Morgan fingerprint density at radius 1 is 1.00 bits per heavy atom. The van der Waals surface area contributed by atoms with Gasteiger partial charge in [0.2, 0.25) is 5.91 Å². The van der Waals surface area contributed by atoms with Gasteiger partial charge < -0.3 is 14.8 Å². The first-order valence-corrected chi connectivity index (χ1v) is 13.5. The highest BCUT2D eigenvalue weighted by Gasteiger charge is 2.19. The van der Waals surface area contributed by atoms with Crippen LogP contribution in [0.1, 0.15) is 38.8 Å². The molecule has 1 amide bonds. The summed E-state index contributed by atoms with van der Waals surface area (Å²) < 4.78 is 13.0. The zero-order valence-electron chi connectivity index (χ0n) is 22.7. The lowest BCUT2D eigenvalue weighted by Crippen LogP contribution is -2.15. The molecule has 3 aromatic carbocycles. The van der Waals surface area contributed by atoms with Crippen LogP contribution in [0.15, 0.2) is 71.9 Å². The summed E-state index contributed by atoms with van der Waals surface area (Å²) in [6.07, 6.45) is 0. The number of thioether (sulfide) groups is 1. The molecule has 0 radical (unpaired) electrons. The second-order valence-electron chi connectivity index (χ2n) is 9.94. The molecule has 38 heavy (non-hydrogen) atoms. The van der Waals surface area contributed by atoms with Crippen molar-refractivity contribution < 1.29 is 14.3 Å². The molecule has 1 heterocycles. The maximum atomic E-state index is 12.9. The second-order valence-corrected chi connectivity index (χ2v) is 10.9. The quantitative estimate of drug-likeness (QED) is 0.243. The molecule has 0 aliphatic carbocycles. The van der Waals surface area contributed by atoms with Crippen LogP contribution in [0.4, 0.5) is 5.69 Å². The topological polar surface area (TPSA) is 78.3 Å². The highest BCUT2D eigenvalue weighted by atomic mass is 32.2. The maximum Gasteiger partial charge on any atom is 0.234 e. The van der Waals surface area contributed by atoms with Crippen LogP contribution in [0.3, 0.4) is 0 Å². The number of hydrogen-bond donors (Lipinski definition) is 1. The zero-order chi connectivity index (χ0) is 27.3. The normalized spacial score (nSPS) is 11.3. The number of hydrogen-bond acceptors (Lipinski definition) is 6. The molecule has 4 rings (SSSR count). The van der Waals surface area contributed by atoms with Gasteiger partial charge in [0.15, 0.2) is 11.0 Å². The van der Waals surface area contributed by atoms with Crippen LogP contribution < -0.4 is 14.8 Å². The van der Waals surface area contributed by atoms with Crippen molar-refractivity contribution in [3.05, 3.63) is 77.9 Å². The van der Waals surface area contributed by atoms with Gasteiger partial charge in [0, 0.05) is 11.3 Å². The molecular weight excluding hydrogens is 496 g/mol. The van der Waals surface area contributed by atoms with Crippen LogP contribution in [-0.4, -0.2) is 40.1 Å². The van der Waals surface area contributed by atoms with Gasteiger partial charge in [-0.1, -0.05) is 62.9 Å². The molecule has 1 aromatic heterocycles. The summed E-state index contributed by atoms with van der Waals surface area (Å²) in [6.45, 7) is 11.1. The fourth-order valence-corrected chi connectivity index (χ4v) is 4.75. The van der Waals surface area contributed by atoms with Gasteiger partial charge in [-0.25, -0.2) is 0 Å². The minimum absolute atomic E-state index is 0.0512. The smallest absolute Gasteiger partial charge is 0.234 e. The Hall–Kier alpha value is -3.78. The number of rotatable bonds is 9. The van der Waals surface area contributed by atoms with Gasteiger partial charge in [-0.3, -0.25) is 9.36 Å². The first kappa shape index (κ1) is 27.3. The molecule has 0 unspecified atom stereocenters. The van der Waals surface area contributed by atoms with E-state index in [1.54, 1.807) is 7.11 Å². The molecule has 0 fully saturated rings. The second kappa shape index (κ2) is 11.7. The summed E-state index contributed by atoms with van der Waals surface area (Å²) in [7, 11) is 1.59. The molecule has 0 saturated heterocycles. The van der Waals surface area contributed by atoms with E-state index >= 15 is 0 Å². The van der Waals surface area contributed by atoms with Crippen LogP contribution in [0, 0.1) is 6.92 Å². The van der Waals surface area contributed by atoms with Crippen molar-refractivity contribution in [2.45, 2.75) is 45.2 Å². The Morgan fingerprint density at radius 2 is 1.71 bits per heavy atom.